The van der Waals surface area contributed by atoms with Crippen LogP contribution in [0.15, 0.2) is 42.5 Å². The second-order valence-corrected chi connectivity index (χ2v) is 6.44. The fourth-order valence-electron chi connectivity index (χ4n) is 3.32. The topological polar surface area (TPSA) is 59.1 Å². The zero-order valence-electron chi connectivity index (χ0n) is 15.9. The summed E-state index contributed by atoms with van der Waals surface area (Å²) < 4.78 is 10.7. The quantitative estimate of drug-likeness (QED) is 0.832. The van der Waals surface area contributed by atoms with Gasteiger partial charge in [-0.15, -0.1) is 0 Å². The molecule has 142 valence electrons. The van der Waals surface area contributed by atoms with Crippen LogP contribution < -0.4 is 9.47 Å². The van der Waals surface area contributed by atoms with Gasteiger partial charge in [0.2, 0.25) is 0 Å². The van der Waals surface area contributed by atoms with E-state index in [0.29, 0.717) is 48.8 Å². The van der Waals surface area contributed by atoms with Gasteiger partial charge in [0.05, 0.1) is 14.2 Å². The summed E-state index contributed by atoms with van der Waals surface area (Å²) in [5.41, 5.74) is 2.09. The van der Waals surface area contributed by atoms with Crippen LogP contribution in [0, 0.1) is 6.92 Å². The van der Waals surface area contributed by atoms with Gasteiger partial charge >= 0.3 is 0 Å². The Hall–Kier alpha value is -3.02. The predicted molar refractivity (Wildman–Crippen MR) is 103 cm³/mol. The molecule has 27 heavy (non-hydrogen) atoms. The highest BCUT2D eigenvalue weighted by Gasteiger charge is 2.29. The first-order valence-corrected chi connectivity index (χ1v) is 8.92. The third-order valence-corrected chi connectivity index (χ3v) is 4.87. The van der Waals surface area contributed by atoms with Gasteiger partial charge < -0.3 is 19.3 Å². The van der Waals surface area contributed by atoms with Crippen molar-refractivity contribution in [2.45, 2.75) is 6.92 Å². The monoisotopic (exact) mass is 368 g/mol. The van der Waals surface area contributed by atoms with Gasteiger partial charge in [0.1, 0.15) is 17.1 Å². The van der Waals surface area contributed by atoms with Gasteiger partial charge in [-0.05, 0) is 30.7 Å². The summed E-state index contributed by atoms with van der Waals surface area (Å²) in [5.74, 6) is 0.831. The number of piperazine rings is 1. The maximum absolute atomic E-state index is 13.0. The molecular formula is C21H24N2O4. The summed E-state index contributed by atoms with van der Waals surface area (Å²) in [6, 6.07) is 12.8. The van der Waals surface area contributed by atoms with Crippen molar-refractivity contribution in [2.75, 3.05) is 40.4 Å². The van der Waals surface area contributed by atoms with Gasteiger partial charge in [-0.2, -0.15) is 0 Å². The molecule has 0 spiro atoms. The largest absolute Gasteiger partial charge is 0.496 e. The van der Waals surface area contributed by atoms with E-state index in [1.165, 1.54) is 14.2 Å². The molecule has 0 unspecified atom stereocenters. The Labute approximate surface area is 159 Å². The van der Waals surface area contributed by atoms with Crippen LogP contribution in [0.4, 0.5) is 0 Å². The Kier molecular flexibility index (Phi) is 5.64. The lowest BCUT2D eigenvalue weighted by molar-refractivity contribution is 0.0531. The lowest BCUT2D eigenvalue weighted by Gasteiger charge is -2.35. The highest BCUT2D eigenvalue weighted by Crippen LogP contribution is 2.30. The zero-order valence-corrected chi connectivity index (χ0v) is 15.9. The molecule has 0 aliphatic carbocycles. The maximum atomic E-state index is 13.0. The van der Waals surface area contributed by atoms with Crippen LogP contribution in [0.1, 0.15) is 26.3 Å². The standard InChI is InChI=1S/C21H24N2O4/c1-15-7-4-5-8-16(15)20(24)22-11-13-23(14-12-22)21(25)19-17(26-2)9-6-10-18(19)27-3/h4-10H,11-14H2,1-3H3. The summed E-state index contributed by atoms with van der Waals surface area (Å²) in [6.07, 6.45) is 0. The number of aryl methyl sites for hydroxylation is 1. The molecule has 1 aliphatic rings. The molecule has 1 heterocycles. The van der Waals surface area contributed by atoms with Crippen LogP contribution in [-0.4, -0.2) is 62.0 Å². The fourth-order valence-corrected chi connectivity index (χ4v) is 3.32. The van der Waals surface area contributed by atoms with Crippen LogP contribution in [0.5, 0.6) is 11.5 Å². The van der Waals surface area contributed by atoms with E-state index in [2.05, 4.69) is 0 Å². The van der Waals surface area contributed by atoms with Gasteiger partial charge in [0.25, 0.3) is 11.8 Å². The summed E-state index contributed by atoms with van der Waals surface area (Å²) in [4.78, 5) is 29.3. The van der Waals surface area contributed by atoms with Crippen molar-refractivity contribution in [3.63, 3.8) is 0 Å². The maximum Gasteiger partial charge on any atom is 0.261 e. The molecule has 0 radical (unpaired) electrons. The lowest BCUT2D eigenvalue weighted by atomic mass is 10.1. The fraction of sp³-hybridized carbons (Fsp3) is 0.333. The second kappa shape index (κ2) is 8.12. The third kappa shape index (κ3) is 3.74. The van der Waals surface area contributed by atoms with Gasteiger partial charge in [0, 0.05) is 31.7 Å². The van der Waals surface area contributed by atoms with Crippen LogP contribution >= 0.6 is 0 Å². The SMILES string of the molecule is COc1cccc(OC)c1C(=O)N1CCN(C(=O)c2ccccc2C)CC1. The number of benzene rings is 2. The highest BCUT2D eigenvalue weighted by molar-refractivity contribution is 6.00. The Morgan fingerprint density at radius 2 is 1.30 bits per heavy atom. The van der Waals surface area contributed by atoms with Crippen LogP contribution in [-0.2, 0) is 0 Å². The summed E-state index contributed by atoms with van der Waals surface area (Å²) in [7, 11) is 3.06. The molecular weight excluding hydrogens is 344 g/mol. The summed E-state index contributed by atoms with van der Waals surface area (Å²) in [5, 5.41) is 0. The summed E-state index contributed by atoms with van der Waals surface area (Å²) >= 11 is 0. The molecule has 1 fully saturated rings. The first-order valence-electron chi connectivity index (χ1n) is 8.92. The minimum absolute atomic E-state index is 0.00933. The van der Waals surface area contributed by atoms with E-state index in [9.17, 15) is 9.59 Å². The minimum Gasteiger partial charge on any atom is -0.496 e. The third-order valence-electron chi connectivity index (χ3n) is 4.87. The van der Waals surface area contributed by atoms with Crippen molar-refractivity contribution in [2.24, 2.45) is 0 Å². The summed E-state index contributed by atoms with van der Waals surface area (Å²) in [6.45, 7) is 3.86. The smallest absolute Gasteiger partial charge is 0.261 e. The molecule has 6 nitrogen and oxygen atoms in total. The Morgan fingerprint density at radius 1 is 0.778 bits per heavy atom. The second-order valence-electron chi connectivity index (χ2n) is 6.44. The van der Waals surface area contributed by atoms with Crippen molar-refractivity contribution in [1.29, 1.82) is 0 Å². The number of rotatable bonds is 4. The van der Waals surface area contributed by atoms with Crippen molar-refractivity contribution in [1.82, 2.24) is 9.80 Å². The number of carbonyl (C=O) groups excluding carboxylic acids is 2. The molecule has 3 rings (SSSR count). The van der Waals surface area contributed by atoms with Crippen LogP contribution in [0.3, 0.4) is 0 Å². The average Bonchev–Trinajstić information content (AvgIpc) is 2.72. The van der Waals surface area contributed by atoms with Gasteiger partial charge in [-0.1, -0.05) is 24.3 Å². The minimum atomic E-state index is -0.146. The number of ether oxygens (including phenoxy) is 2. The molecule has 0 bridgehead atoms. The molecule has 2 amide bonds. The molecule has 0 saturated carbocycles. The Morgan fingerprint density at radius 3 is 1.81 bits per heavy atom. The number of methoxy groups -OCH3 is 2. The van der Waals surface area contributed by atoms with Crippen molar-refractivity contribution >= 4 is 11.8 Å². The molecule has 6 heteroatoms. The molecule has 2 aromatic carbocycles. The number of hydrogen-bond donors (Lipinski definition) is 0. The first kappa shape index (κ1) is 18.8. The van der Waals surface area contributed by atoms with Crippen molar-refractivity contribution in [3.8, 4) is 11.5 Å². The zero-order chi connectivity index (χ0) is 19.4. The van der Waals surface area contributed by atoms with Crippen molar-refractivity contribution < 1.29 is 19.1 Å². The van der Waals surface area contributed by atoms with E-state index in [-0.39, 0.29) is 11.8 Å². The van der Waals surface area contributed by atoms with Crippen LogP contribution in [0.2, 0.25) is 0 Å². The van der Waals surface area contributed by atoms with Crippen molar-refractivity contribution in [3.05, 3.63) is 59.2 Å². The number of hydrogen-bond acceptors (Lipinski definition) is 4. The van der Waals surface area contributed by atoms with E-state index < -0.39 is 0 Å². The highest BCUT2D eigenvalue weighted by atomic mass is 16.5. The first-order chi connectivity index (χ1) is 13.1. The predicted octanol–water partition coefficient (Wildman–Crippen LogP) is 2.61. The van der Waals surface area contributed by atoms with E-state index in [1.54, 1.807) is 28.0 Å². The molecule has 1 saturated heterocycles. The van der Waals surface area contributed by atoms with E-state index in [1.807, 2.05) is 31.2 Å². The van der Waals surface area contributed by atoms with Crippen LogP contribution in [0.25, 0.3) is 0 Å². The van der Waals surface area contributed by atoms with Gasteiger partial charge in [-0.3, -0.25) is 9.59 Å². The molecule has 0 aromatic heterocycles. The van der Waals surface area contributed by atoms with E-state index >= 15 is 0 Å². The van der Waals surface area contributed by atoms with Gasteiger partial charge in [-0.25, -0.2) is 0 Å². The van der Waals surface area contributed by atoms with E-state index in [4.69, 9.17) is 9.47 Å². The average molecular weight is 368 g/mol. The lowest BCUT2D eigenvalue weighted by Crippen LogP contribution is -2.50. The number of carbonyl (C=O) groups is 2. The molecule has 0 atom stereocenters. The van der Waals surface area contributed by atoms with Gasteiger partial charge in [0.15, 0.2) is 0 Å². The van der Waals surface area contributed by atoms with E-state index in [0.717, 1.165) is 5.56 Å². The molecule has 1 aliphatic heterocycles. The molecule has 2 aromatic rings. The Bertz CT molecular complexity index is 820. The number of amides is 2. The number of nitrogens with zero attached hydrogens (tertiary/aromatic N) is 2. The Balaban J connectivity index is 1.72. The normalized spacial score (nSPS) is 14.0. The molecule has 0 N–H and O–H groups in total.